The predicted molar refractivity (Wildman–Crippen MR) is 118 cm³/mol. The van der Waals surface area contributed by atoms with Crippen LogP contribution in [0.5, 0.6) is 0 Å². The molecule has 1 amide bonds. The van der Waals surface area contributed by atoms with Crippen LogP contribution in [0.2, 0.25) is 0 Å². The van der Waals surface area contributed by atoms with E-state index in [1.54, 1.807) is 36.5 Å². The Labute approximate surface area is 187 Å². The van der Waals surface area contributed by atoms with E-state index in [0.29, 0.717) is 36.6 Å². The molecule has 0 spiro atoms. The predicted octanol–water partition coefficient (Wildman–Crippen LogP) is 3.81. The average Bonchev–Trinajstić information content (AvgIpc) is 3.22. The number of aromatic nitrogens is 2. The second-order valence-corrected chi connectivity index (χ2v) is 8.32. The summed E-state index contributed by atoms with van der Waals surface area (Å²) < 4.78 is 28.2. The first-order valence-corrected chi connectivity index (χ1v) is 10.9. The molecule has 0 saturated carbocycles. The van der Waals surface area contributed by atoms with Gasteiger partial charge < -0.3 is 15.5 Å². The Kier molecular flexibility index (Phi) is 6.40. The molecule has 1 fully saturated rings. The lowest BCUT2D eigenvalue weighted by Gasteiger charge is -2.32. The fourth-order valence-corrected chi connectivity index (χ4v) is 4.61. The van der Waals surface area contributed by atoms with E-state index in [9.17, 15) is 18.4 Å². The summed E-state index contributed by atoms with van der Waals surface area (Å²) in [6.45, 7) is 1.16. The van der Waals surface area contributed by atoms with Crippen molar-refractivity contribution in [2.75, 3.05) is 30.8 Å². The Morgan fingerprint density at radius 2 is 1.75 bits per heavy atom. The van der Waals surface area contributed by atoms with E-state index in [4.69, 9.17) is 0 Å². The van der Waals surface area contributed by atoms with Crippen molar-refractivity contribution < 1.29 is 18.4 Å². The number of halogens is 2. The van der Waals surface area contributed by atoms with Gasteiger partial charge in [0, 0.05) is 44.1 Å². The molecule has 0 aliphatic carbocycles. The second kappa shape index (κ2) is 9.39. The van der Waals surface area contributed by atoms with Crippen LogP contribution in [0.4, 0.5) is 19.7 Å². The van der Waals surface area contributed by atoms with E-state index in [0.717, 1.165) is 23.5 Å². The molecule has 10 heteroatoms. The topological polar surface area (TPSA) is 87.2 Å². The first-order chi connectivity index (χ1) is 15.5. The number of carbonyl (C=O) groups excluding carboxylic acids is 2. The molecule has 0 bridgehead atoms. The summed E-state index contributed by atoms with van der Waals surface area (Å²) in [5.74, 6) is -2.35. The zero-order valence-electron chi connectivity index (χ0n) is 17.3. The van der Waals surface area contributed by atoms with E-state index in [-0.39, 0.29) is 22.6 Å². The minimum atomic E-state index is -0.911. The summed E-state index contributed by atoms with van der Waals surface area (Å²) in [6.07, 6.45) is 4.60. The molecule has 32 heavy (non-hydrogen) atoms. The number of nitrogens with zero attached hydrogens (tertiary/aromatic N) is 3. The quantitative estimate of drug-likeness (QED) is 0.548. The number of nitrogens with one attached hydrogen (secondary N) is 2. The van der Waals surface area contributed by atoms with Gasteiger partial charge in [-0.2, -0.15) is 0 Å². The van der Waals surface area contributed by atoms with Crippen LogP contribution in [-0.2, 0) is 0 Å². The normalized spacial score (nSPS) is 14.3. The summed E-state index contributed by atoms with van der Waals surface area (Å²) in [5, 5.41) is 6.59. The molecule has 2 N–H and O–H groups in total. The number of piperidine rings is 1. The molecule has 0 unspecified atom stereocenters. The highest BCUT2D eigenvalue weighted by Gasteiger charge is 2.27. The Morgan fingerprint density at radius 1 is 1.09 bits per heavy atom. The number of carbonyl (C=O) groups is 2. The van der Waals surface area contributed by atoms with Gasteiger partial charge in [-0.3, -0.25) is 14.6 Å². The summed E-state index contributed by atoms with van der Waals surface area (Å²) in [7, 11) is 1.59. The van der Waals surface area contributed by atoms with Gasteiger partial charge >= 0.3 is 0 Å². The molecule has 3 heterocycles. The van der Waals surface area contributed by atoms with Crippen LogP contribution in [0.3, 0.4) is 0 Å². The first-order valence-electron chi connectivity index (χ1n) is 10.1. The number of anilines is 2. The van der Waals surface area contributed by atoms with Crippen molar-refractivity contribution in [3.8, 4) is 0 Å². The smallest absolute Gasteiger partial charge is 0.253 e. The minimum Gasteiger partial charge on any atom is -0.372 e. The third kappa shape index (κ3) is 4.45. The maximum atomic E-state index is 14.1. The summed E-state index contributed by atoms with van der Waals surface area (Å²) in [6, 6.07) is 6.76. The molecule has 7 nitrogen and oxygen atoms in total. The van der Waals surface area contributed by atoms with Crippen LogP contribution < -0.4 is 10.6 Å². The molecule has 0 atom stereocenters. The van der Waals surface area contributed by atoms with Gasteiger partial charge in [0.05, 0.1) is 5.56 Å². The standard InChI is InChI=1S/C22H21F2N5O2S/c1-25-20-19(18(30)17-15(23)3-2-4-16(17)24)32-22(28-20)27-14-7-11-29(12-8-14)21(31)13-5-9-26-10-6-13/h2-6,9-10,14,25H,7-8,11-12H2,1H3,(H,27,28). The highest BCUT2D eigenvalue weighted by molar-refractivity contribution is 7.18. The van der Waals surface area contributed by atoms with E-state index < -0.39 is 23.0 Å². The molecule has 1 saturated heterocycles. The summed E-state index contributed by atoms with van der Waals surface area (Å²) in [5.41, 5.74) is 0.00987. The highest BCUT2D eigenvalue weighted by atomic mass is 32.1. The van der Waals surface area contributed by atoms with Gasteiger partial charge in [-0.05, 0) is 37.1 Å². The number of hydrogen-bond donors (Lipinski definition) is 2. The molecule has 0 radical (unpaired) electrons. The number of hydrogen-bond acceptors (Lipinski definition) is 7. The van der Waals surface area contributed by atoms with Crippen molar-refractivity contribution >= 4 is 34.0 Å². The number of benzene rings is 1. The Balaban J connectivity index is 1.43. The van der Waals surface area contributed by atoms with Crippen molar-refractivity contribution in [1.82, 2.24) is 14.9 Å². The van der Waals surface area contributed by atoms with Crippen LogP contribution in [0.25, 0.3) is 0 Å². The lowest BCUT2D eigenvalue weighted by Crippen LogP contribution is -2.42. The number of likely N-dealkylation sites (tertiary alicyclic amines) is 1. The monoisotopic (exact) mass is 457 g/mol. The largest absolute Gasteiger partial charge is 0.372 e. The average molecular weight is 458 g/mol. The maximum Gasteiger partial charge on any atom is 0.253 e. The fourth-order valence-electron chi connectivity index (χ4n) is 3.61. The Bertz CT molecular complexity index is 1110. The summed E-state index contributed by atoms with van der Waals surface area (Å²) >= 11 is 1.05. The van der Waals surface area contributed by atoms with Crippen LogP contribution in [0.1, 0.15) is 38.4 Å². The molecule has 3 aromatic rings. The van der Waals surface area contributed by atoms with Crippen molar-refractivity contribution in [3.05, 3.63) is 70.4 Å². The van der Waals surface area contributed by atoms with Gasteiger partial charge in [-0.15, -0.1) is 0 Å². The minimum absolute atomic E-state index is 0.0302. The van der Waals surface area contributed by atoms with Crippen molar-refractivity contribution in [2.45, 2.75) is 18.9 Å². The van der Waals surface area contributed by atoms with Crippen LogP contribution in [-0.4, -0.2) is 52.7 Å². The SMILES string of the molecule is CNc1nc(NC2CCN(C(=O)c3ccncc3)CC2)sc1C(=O)c1c(F)cccc1F. The maximum absolute atomic E-state index is 14.1. The van der Waals surface area contributed by atoms with E-state index in [2.05, 4.69) is 20.6 Å². The third-order valence-corrected chi connectivity index (χ3v) is 6.28. The Morgan fingerprint density at radius 3 is 2.38 bits per heavy atom. The molecular weight excluding hydrogens is 436 g/mol. The number of pyridine rings is 1. The van der Waals surface area contributed by atoms with Gasteiger partial charge in [0.2, 0.25) is 5.78 Å². The van der Waals surface area contributed by atoms with Gasteiger partial charge in [-0.1, -0.05) is 17.4 Å². The second-order valence-electron chi connectivity index (χ2n) is 7.32. The van der Waals surface area contributed by atoms with Gasteiger partial charge in [0.1, 0.15) is 16.5 Å². The number of thiazole rings is 1. The molecule has 1 aliphatic heterocycles. The van der Waals surface area contributed by atoms with Crippen molar-refractivity contribution in [3.63, 3.8) is 0 Å². The molecule has 2 aromatic heterocycles. The van der Waals surface area contributed by atoms with Crippen molar-refractivity contribution in [1.29, 1.82) is 0 Å². The lowest BCUT2D eigenvalue weighted by atomic mass is 10.0. The van der Waals surface area contributed by atoms with Crippen molar-refractivity contribution in [2.24, 2.45) is 0 Å². The number of amides is 1. The molecule has 1 aliphatic rings. The van der Waals surface area contributed by atoms with E-state index >= 15 is 0 Å². The number of ketones is 1. The van der Waals surface area contributed by atoms with Crippen LogP contribution in [0, 0.1) is 11.6 Å². The zero-order valence-corrected chi connectivity index (χ0v) is 18.1. The molecule has 1 aromatic carbocycles. The zero-order chi connectivity index (χ0) is 22.7. The third-order valence-electron chi connectivity index (χ3n) is 5.30. The molecule has 166 valence electrons. The lowest BCUT2D eigenvalue weighted by molar-refractivity contribution is 0.0718. The van der Waals surface area contributed by atoms with E-state index in [1.165, 1.54) is 6.07 Å². The van der Waals surface area contributed by atoms with Crippen LogP contribution in [0.15, 0.2) is 42.7 Å². The van der Waals surface area contributed by atoms with Gasteiger partial charge in [0.15, 0.2) is 10.9 Å². The van der Waals surface area contributed by atoms with Gasteiger partial charge in [0.25, 0.3) is 5.91 Å². The fraction of sp³-hybridized carbons (Fsp3) is 0.273. The number of rotatable bonds is 6. The van der Waals surface area contributed by atoms with E-state index in [1.807, 2.05) is 0 Å². The van der Waals surface area contributed by atoms with Crippen LogP contribution >= 0.6 is 11.3 Å². The first kappa shape index (κ1) is 21.8. The highest BCUT2D eigenvalue weighted by Crippen LogP contribution is 2.32. The Hall–Kier alpha value is -3.40. The molecular formula is C22H21F2N5O2S. The summed E-state index contributed by atoms with van der Waals surface area (Å²) in [4.78, 5) is 35.6. The van der Waals surface area contributed by atoms with Gasteiger partial charge in [-0.25, -0.2) is 13.8 Å². The molecule has 4 rings (SSSR count).